The summed E-state index contributed by atoms with van der Waals surface area (Å²) in [7, 11) is 0. The maximum absolute atomic E-state index is 9.10. The van der Waals surface area contributed by atoms with Crippen LogP contribution in [0.1, 0.15) is 0 Å². The topological polar surface area (TPSA) is 87.5 Å². The van der Waals surface area contributed by atoms with Crippen molar-refractivity contribution in [1.82, 2.24) is 4.98 Å². The summed E-state index contributed by atoms with van der Waals surface area (Å²) < 4.78 is 0. The molecule has 19 heavy (non-hydrogen) atoms. The molecular weight excluding hydrogens is 429 g/mol. The van der Waals surface area contributed by atoms with Gasteiger partial charge in [0, 0.05) is 27.3 Å². The summed E-state index contributed by atoms with van der Waals surface area (Å²) in [6.07, 6.45) is 1.79. The maximum atomic E-state index is 9.10. The molecule has 0 spiro atoms. The first kappa shape index (κ1) is 17.0. The van der Waals surface area contributed by atoms with Gasteiger partial charge in [-0.1, -0.05) is 12.1 Å². The fourth-order valence-corrected chi connectivity index (χ4v) is 1.07. The monoisotopic (exact) mass is 439 g/mol. The molecule has 2 rings (SSSR count). The smallest absolute Gasteiger partial charge is 0.414 e. The zero-order chi connectivity index (χ0) is 13.4. The van der Waals surface area contributed by atoms with Crippen molar-refractivity contribution in [2.75, 3.05) is 0 Å². The number of nitrogens with zero attached hydrogens (tertiary/aromatic N) is 1. The summed E-state index contributed by atoms with van der Waals surface area (Å²) in [5.74, 6) is -3.65. The summed E-state index contributed by atoms with van der Waals surface area (Å²) in [4.78, 5) is 22.4. The second-order valence-corrected chi connectivity index (χ2v) is 3.10. The van der Waals surface area contributed by atoms with E-state index in [0.717, 1.165) is 11.3 Å². The van der Waals surface area contributed by atoms with Gasteiger partial charge in [-0.2, -0.15) is 0 Å². The number of aliphatic carboxylic acids is 2. The molecule has 2 N–H and O–H groups in total. The molecule has 0 aliphatic carbocycles. The summed E-state index contributed by atoms with van der Waals surface area (Å²) in [6.45, 7) is 0. The Morgan fingerprint density at radius 1 is 1.00 bits per heavy atom. The van der Waals surface area contributed by atoms with E-state index in [4.69, 9.17) is 19.8 Å². The van der Waals surface area contributed by atoms with Crippen molar-refractivity contribution in [2.24, 2.45) is 0 Å². The number of benzene rings is 1. The van der Waals surface area contributed by atoms with Gasteiger partial charge in [0.05, 0.1) is 0 Å². The Bertz CT molecular complexity index is 467. The molecule has 1 heterocycles. The standard InChI is InChI=1S/C11H8N.C2H2O4.Pt/c1-2-6-10(7-3-1)11-8-4-5-9-12-11;3-1(4)2(5)6;/h1-6,8-9H;(H,3,4)(H,5,6);/q-1;;. The van der Waals surface area contributed by atoms with Crippen LogP contribution in [0.5, 0.6) is 0 Å². The van der Waals surface area contributed by atoms with Crippen molar-refractivity contribution in [1.29, 1.82) is 0 Å². The molecule has 2 aromatic rings. The Labute approximate surface area is 124 Å². The molecule has 0 amide bonds. The molecule has 0 saturated carbocycles. The molecule has 0 aliphatic heterocycles. The molecule has 0 radical (unpaired) electrons. The summed E-state index contributed by atoms with van der Waals surface area (Å²) in [6, 6.07) is 16.8. The largest absolute Gasteiger partial charge is 0.473 e. The van der Waals surface area contributed by atoms with E-state index < -0.39 is 11.9 Å². The first-order valence-corrected chi connectivity index (χ1v) is 4.95. The Morgan fingerprint density at radius 2 is 1.63 bits per heavy atom. The van der Waals surface area contributed by atoms with E-state index in [1.165, 1.54) is 0 Å². The summed E-state index contributed by atoms with van der Waals surface area (Å²) in [5, 5.41) is 14.8. The predicted molar refractivity (Wildman–Crippen MR) is 63.8 cm³/mol. The van der Waals surface area contributed by atoms with Gasteiger partial charge in [0.15, 0.2) is 0 Å². The minimum atomic E-state index is -1.82. The number of pyridine rings is 1. The fourth-order valence-electron chi connectivity index (χ4n) is 1.07. The number of rotatable bonds is 1. The van der Waals surface area contributed by atoms with Crippen LogP contribution < -0.4 is 0 Å². The van der Waals surface area contributed by atoms with Crippen LogP contribution in [0.3, 0.4) is 0 Å². The van der Waals surface area contributed by atoms with Crippen LogP contribution in [-0.2, 0) is 30.7 Å². The minimum Gasteiger partial charge on any atom is -0.473 e. The molecule has 0 unspecified atom stereocenters. The third-order valence-corrected chi connectivity index (χ3v) is 1.83. The van der Waals surface area contributed by atoms with Crippen LogP contribution >= 0.6 is 0 Å². The van der Waals surface area contributed by atoms with Crippen LogP contribution in [0.25, 0.3) is 11.3 Å². The van der Waals surface area contributed by atoms with Gasteiger partial charge in [0.25, 0.3) is 0 Å². The number of carbonyl (C=O) groups is 2. The number of carboxylic acid groups (broad SMARTS) is 2. The molecule has 1 aromatic heterocycles. The predicted octanol–water partition coefficient (Wildman–Crippen LogP) is 1.70. The Kier molecular flexibility index (Phi) is 8.05. The van der Waals surface area contributed by atoms with Gasteiger partial charge in [0.1, 0.15) is 0 Å². The van der Waals surface area contributed by atoms with E-state index >= 15 is 0 Å². The minimum absolute atomic E-state index is 0. The Hall–Kier alpha value is -2.00. The zero-order valence-electron chi connectivity index (χ0n) is 9.59. The van der Waals surface area contributed by atoms with Gasteiger partial charge < -0.3 is 15.2 Å². The third-order valence-electron chi connectivity index (χ3n) is 1.83. The number of aromatic nitrogens is 1. The molecule has 0 saturated heterocycles. The van der Waals surface area contributed by atoms with E-state index in [0.29, 0.717) is 0 Å². The third kappa shape index (κ3) is 6.48. The van der Waals surface area contributed by atoms with E-state index in [1.54, 1.807) is 6.20 Å². The van der Waals surface area contributed by atoms with E-state index in [2.05, 4.69) is 11.1 Å². The molecule has 6 heteroatoms. The maximum Gasteiger partial charge on any atom is 0.414 e. The molecule has 5 nitrogen and oxygen atoms in total. The summed E-state index contributed by atoms with van der Waals surface area (Å²) in [5.41, 5.74) is 2.01. The molecule has 102 valence electrons. The second kappa shape index (κ2) is 9.00. The van der Waals surface area contributed by atoms with Gasteiger partial charge in [-0.15, -0.1) is 35.9 Å². The second-order valence-electron chi connectivity index (χ2n) is 3.10. The van der Waals surface area contributed by atoms with Crippen molar-refractivity contribution in [3.05, 3.63) is 54.7 Å². The van der Waals surface area contributed by atoms with Gasteiger partial charge in [-0.3, -0.25) is 0 Å². The fraction of sp³-hybridized carbons (Fsp3) is 0. The van der Waals surface area contributed by atoms with Crippen molar-refractivity contribution >= 4 is 11.9 Å². The van der Waals surface area contributed by atoms with E-state index in [1.807, 2.05) is 42.5 Å². The van der Waals surface area contributed by atoms with Gasteiger partial charge in [0.2, 0.25) is 0 Å². The van der Waals surface area contributed by atoms with Crippen LogP contribution in [-0.4, -0.2) is 27.1 Å². The van der Waals surface area contributed by atoms with Crippen LogP contribution in [0.2, 0.25) is 0 Å². The quantitative estimate of drug-likeness (QED) is 0.522. The molecule has 0 aliphatic rings. The van der Waals surface area contributed by atoms with E-state index in [-0.39, 0.29) is 21.1 Å². The number of hydrogen-bond acceptors (Lipinski definition) is 3. The van der Waals surface area contributed by atoms with Crippen molar-refractivity contribution in [2.45, 2.75) is 0 Å². The number of hydrogen-bond donors (Lipinski definition) is 2. The summed E-state index contributed by atoms with van der Waals surface area (Å²) >= 11 is 0. The molecule has 0 fully saturated rings. The number of carboxylic acids is 2. The first-order chi connectivity index (χ1) is 8.61. The van der Waals surface area contributed by atoms with Gasteiger partial charge in [-0.05, 0) is 11.8 Å². The molecule has 0 atom stereocenters. The van der Waals surface area contributed by atoms with E-state index in [9.17, 15) is 0 Å². The van der Waals surface area contributed by atoms with Crippen molar-refractivity contribution < 1.29 is 40.9 Å². The van der Waals surface area contributed by atoms with Crippen molar-refractivity contribution in [3.63, 3.8) is 0 Å². The van der Waals surface area contributed by atoms with Gasteiger partial charge in [-0.25, -0.2) is 9.59 Å². The SMILES string of the molecule is O=C(O)C(=O)O.[Pt].[c-]1ccccc1-c1ccccn1. The van der Waals surface area contributed by atoms with Gasteiger partial charge >= 0.3 is 11.9 Å². The average Bonchev–Trinajstić information content (AvgIpc) is 2.41. The zero-order valence-corrected chi connectivity index (χ0v) is 11.9. The van der Waals surface area contributed by atoms with Crippen molar-refractivity contribution in [3.8, 4) is 11.3 Å². The molecule has 0 bridgehead atoms. The normalized spacial score (nSPS) is 8.42. The Morgan fingerprint density at radius 3 is 2.05 bits per heavy atom. The van der Waals surface area contributed by atoms with Crippen LogP contribution in [0.4, 0.5) is 0 Å². The Balaban J connectivity index is 0.000000404. The molecule has 1 aromatic carbocycles. The van der Waals surface area contributed by atoms with Crippen LogP contribution in [0.15, 0.2) is 48.7 Å². The molecular formula is C13H10NO4Pt-. The average molecular weight is 439 g/mol. The first-order valence-electron chi connectivity index (χ1n) is 4.95. The van der Waals surface area contributed by atoms with Crippen LogP contribution in [0, 0.1) is 6.07 Å².